The molecule has 0 radical (unpaired) electrons. The van der Waals surface area contributed by atoms with Crippen LogP contribution in [0, 0.1) is 46.3 Å². The summed E-state index contributed by atoms with van der Waals surface area (Å²) in [7, 11) is 0. The number of nitrogens with two attached hydrogens (primary N) is 1. The van der Waals surface area contributed by atoms with Crippen LogP contribution in [0.1, 0.15) is 140 Å². The number of para-hydroxylation sites is 1. The Hall–Kier alpha value is -4.17. The first kappa shape index (κ1) is 46.0. The van der Waals surface area contributed by atoms with E-state index in [1.807, 2.05) is 24.3 Å². The number of pyridine rings is 2. The highest BCUT2D eigenvalue weighted by atomic mass is 16.6. The van der Waals surface area contributed by atoms with Gasteiger partial charge >= 0.3 is 11.9 Å². The fourth-order valence-corrected chi connectivity index (χ4v) is 14.5. The van der Waals surface area contributed by atoms with E-state index in [4.69, 9.17) is 20.2 Å². The molecule has 2 aliphatic heterocycles. The molecule has 65 heavy (non-hydrogen) atoms. The van der Waals surface area contributed by atoms with Gasteiger partial charge in [-0.05, 0) is 148 Å². The number of amides is 1. The molecule has 0 saturated heterocycles. The number of ether oxygens (including phenoxy) is 2. The summed E-state index contributed by atoms with van der Waals surface area (Å²) in [4.78, 5) is 59.4. The van der Waals surface area contributed by atoms with Crippen molar-refractivity contribution < 1.29 is 39.2 Å². The smallest absolute Gasteiger partial charge is 0.355 e. The Kier molecular flexibility index (Phi) is 12.4. The Morgan fingerprint density at radius 2 is 1.80 bits per heavy atom. The van der Waals surface area contributed by atoms with Gasteiger partial charge in [0.2, 0.25) is 11.5 Å². The number of rotatable bonds is 13. The largest absolute Gasteiger partial charge is 0.457 e. The molecule has 2 aromatic heterocycles. The molecule has 6 N–H and O–H groups in total. The molecule has 13 atom stereocenters. The van der Waals surface area contributed by atoms with Gasteiger partial charge in [-0.25, -0.2) is 9.78 Å². The topological polar surface area (TPSA) is 203 Å². The molecule has 13 heteroatoms. The van der Waals surface area contributed by atoms with Crippen molar-refractivity contribution in [1.82, 2.24) is 14.9 Å². The fraction of sp³-hybridized carbons (Fsp3) is 0.673. The molecule has 1 aromatic carbocycles. The zero-order valence-corrected chi connectivity index (χ0v) is 38.9. The lowest BCUT2D eigenvalue weighted by molar-refractivity contribution is -0.207. The maximum Gasteiger partial charge on any atom is 0.355 e. The second-order valence-electron chi connectivity index (χ2n) is 21.3. The van der Waals surface area contributed by atoms with E-state index in [2.05, 4.69) is 33.0 Å². The number of carbonyl (C=O) groups excluding carboxylic acids is 3. The van der Waals surface area contributed by atoms with E-state index in [1.54, 1.807) is 17.6 Å². The number of unbranched alkanes of at least 4 members (excludes halogenated alkanes) is 1. The van der Waals surface area contributed by atoms with Crippen LogP contribution in [0.4, 0.5) is 0 Å². The SMILES string of the molecule is CCc1c2c(nc3ccccc13)-c1cc3c(c(=O)n1C2)COC(=O)[C@@]3(CC)OC(=O)C(N)CCCCNC(=O)CC[C@@H](C)C1CCC2C3C(C[C@H](O)[C@@]21C)[C@@]1(C)CC[C@@H](O)CC1C[C@H]3O. The van der Waals surface area contributed by atoms with E-state index in [0.29, 0.717) is 62.1 Å². The second-order valence-corrected chi connectivity index (χ2v) is 21.3. The number of hydrogen-bond acceptors (Lipinski definition) is 11. The van der Waals surface area contributed by atoms with Crippen LogP contribution in [0.15, 0.2) is 35.1 Å². The number of carbonyl (C=O) groups is 3. The number of aromatic nitrogens is 2. The van der Waals surface area contributed by atoms with Gasteiger partial charge in [0.15, 0.2) is 0 Å². The fourth-order valence-electron chi connectivity index (χ4n) is 14.5. The zero-order valence-electron chi connectivity index (χ0n) is 38.9. The van der Waals surface area contributed by atoms with E-state index in [-0.39, 0.29) is 88.9 Å². The van der Waals surface area contributed by atoms with Crippen molar-refractivity contribution in [2.24, 2.45) is 52.1 Å². The number of fused-ring (bicyclic) bond motifs is 10. The molecule has 3 aromatic rings. The monoisotopic (exact) mass is 895 g/mol. The van der Waals surface area contributed by atoms with Gasteiger partial charge in [0.05, 0.1) is 47.3 Å². The van der Waals surface area contributed by atoms with Gasteiger partial charge in [0.25, 0.3) is 5.56 Å². The summed E-state index contributed by atoms with van der Waals surface area (Å²) in [5.74, 6) is -0.141. The second kappa shape index (κ2) is 17.5. The summed E-state index contributed by atoms with van der Waals surface area (Å²) in [6.07, 6.45) is 7.97. The van der Waals surface area contributed by atoms with Crippen LogP contribution in [0.2, 0.25) is 0 Å². The van der Waals surface area contributed by atoms with E-state index in [1.165, 1.54) is 0 Å². The van der Waals surface area contributed by atoms with Gasteiger partial charge in [0.1, 0.15) is 12.6 Å². The number of aryl methyl sites for hydroxylation is 1. The van der Waals surface area contributed by atoms with Crippen LogP contribution in [0.5, 0.6) is 0 Å². The standard InChI is InChI=1S/C52H70N4O9/c1-6-31-32-12-8-9-14-40(32)55-46-33(31)26-56-41(46)24-37-34(47(56)61)27-64-49(63)52(37,7-2)65-48(62)39(53)13-10-11-21-54-44(60)18-15-28(3)35-16-17-36-45-38(25-43(59)51(35,36)5)50(4)20-19-30(57)22-29(50)23-42(45)58/h8-9,12,14,24,28-30,35-36,38-39,42-43,45,57-59H,6-7,10-11,13,15-23,25-27,53H2,1-5H3,(H,54,60)/t28-,29?,30-,35?,36?,38?,39?,42-,43+,45?,50+,51-,52+/m1/s1. The molecule has 4 saturated carbocycles. The molecular formula is C52H70N4O9. The molecule has 0 spiro atoms. The van der Waals surface area contributed by atoms with Crippen molar-refractivity contribution in [1.29, 1.82) is 0 Å². The van der Waals surface area contributed by atoms with E-state index in [0.717, 1.165) is 67.0 Å². The average Bonchev–Trinajstić information content (AvgIpc) is 3.84. The highest BCUT2D eigenvalue weighted by molar-refractivity contribution is 5.90. The molecule has 4 fully saturated rings. The molecule has 0 bridgehead atoms. The first-order valence-corrected chi connectivity index (χ1v) is 24.7. The Labute approximate surface area is 382 Å². The van der Waals surface area contributed by atoms with Crippen molar-refractivity contribution in [2.75, 3.05) is 6.54 Å². The van der Waals surface area contributed by atoms with Crippen LogP contribution < -0.4 is 16.6 Å². The van der Waals surface area contributed by atoms with Crippen LogP contribution in [-0.4, -0.2) is 73.6 Å². The summed E-state index contributed by atoms with van der Waals surface area (Å²) in [6, 6.07) is 8.63. The lowest BCUT2D eigenvalue weighted by Crippen LogP contribution is -2.62. The van der Waals surface area contributed by atoms with Gasteiger partial charge in [-0.2, -0.15) is 0 Å². The average molecular weight is 895 g/mol. The molecule has 6 unspecified atom stereocenters. The molecule has 6 aliphatic rings. The Balaban J connectivity index is 0.775. The number of nitrogens with zero attached hydrogens (tertiary/aromatic N) is 2. The summed E-state index contributed by atoms with van der Waals surface area (Å²) in [6.45, 7) is 11.2. The first-order valence-electron chi connectivity index (χ1n) is 24.7. The van der Waals surface area contributed by atoms with Crippen molar-refractivity contribution >= 4 is 28.7 Å². The van der Waals surface area contributed by atoms with Gasteiger partial charge < -0.3 is 40.4 Å². The molecule has 13 nitrogen and oxygen atoms in total. The van der Waals surface area contributed by atoms with Crippen LogP contribution >= 0.6 is 0 Å². The summed E-state index contributed by atoms with van der Waals surface area (Å²) in [5, 5.41) is 38.1. The lowest BCUT2D eigenvalue weighted by atomic mass is 9.43. The number of cyclic esters (lactones) is 1. The highest BCUT2D eigenvalue weighted by Crippen LogP contribution is 2.68. The van der Waals surface area contributed by atoms with Crippen molar-refractivity contribution in [3.8, 4) is 11.4 Å². The number of aliphatic hydroxyl groups is 3. The van der Waals surface area contributed by atoms with Crippen LogP contribution in [0.25, 0.3) is 22.3 Å². The van der Waals surface area contributed by atoms with Crippen LogP contribution in [-0.2, 0) is 49.0 Å². The molecule has 1 amide bonds. The number of nitrogens with one attached hydrogen (secondary N) is 1. The van der Waals surface area contributed by atoms with Crippen molar-refractivity contribution in [3.63, 3.8) is 0 Å². The quantitative estimate of drug-likeness (QED) is 0.0757. The zero-order chi connectivity index (χ0) is 46.2. The molecule has 4 heterocycles. The van der Waals surface area contributed by atoms with E-state index < -0.39 is 35.8 Å². The first-order chi connectivity index (χ1) is 31.1. The van der Waals surface area contributed by atoms with Crippen LogP contribution in [0.3, 0.4) is 0 Å². The Morgan fingerprint density at radius 3 is 2.57 bits per heavy atom. The number of benzene rings is 1. The maximum atomic E-state index is 14.1. The minimum Gasteiger partial charge on any atom is -0.457 e. The van der Waals surface area contributed by atoms with Crippen molar-refractivity contribution in [3.05, 3.63) is 62.9 Å². The normalized spacial score (nSPS) is 34.3. The Morgan fingerprint density at radius 1 is 1.02 bits per heavy atom. The predicted molar refractivity (Wildman–Crippen MR) is 245 cm³/mol. The minimum absolute atomic E-state index is 0.0309. The highest BCUT2D eigenvalue weighted by Gasteiger charge is 2.65. The van der Waals surface area contributed by atoms with Crippen molar-refractivity contribution in [2.45, 2.75) is 168 Å². The van der Waals surface area contributed by atoms with E-state index >= 15 is 0 Å². The summed E-state index contributed by atoms with van der Waals surface area (Å²) >= 11 is 0. The third kappa shape index (κ3) is 7.45. The van der Waals surface area contributed by atoms with Gasteiger partial charge in [0, 0.05) is 29.5 Å². The van der Waals surface area contributed by atoms with Gasteiger partial charge in [-0.15, -0.1) is 0 Å². The third-order valence-electron chi connectivity index (χ3n) is 18.2. The molecule has 4 aliphatic carbocycles. The summed E-state index contributed by atoms with van der Waals surface area (Å²) < 4.78 is 13.2. The number of esters is 2. The Bertz CT molecular complexity index is 2420. The maximum absolute atomic E-state index is 14.1. The number of aliphatic hydroxyl groups excluding tert-OH is 3. The predicted octanol–water partition coefficient (Wildman–Crippen LogP) is 6.18. The lowest BCUT2D eigenvalue weighted by Gasteiger charge is -2.63. The third-order valence-corrected chi connectivity index (χ3v) is 18.2. The molecular weight excluding hydrogens is 825 g/mol. The minimum atomic E-state index is -1.84. The summed E-state index contributed by atoms with van der Waals surface area (Å²) in [5.41, 5.74) is 8.70. The number of hydrogen-bond donors (Lipinski definition) is 5. The molecule has 352 valence electrons. The van der Waals surface area contributed by atoms with Gasteiger partial charge in [-0.3, -0.25) is 14.4 Å². The van der Waals surface area contributed by atoms with Gasteiger partial charge in [-0.1, -0.05) is 52.8 Å². The van der Waals surface area contributed by atoms with E-state index in [9.17, 15) is 34.5 Å². The molecule has 9 rings (SSSR count).